The van der Waals surface area contributed by atoms with Gasteiger partial charge in [0.2, 0.25) is 0 Å². The average Bonchev–Trinajstić information content (AvgIpc) is 2.24. The third-order valence-corrected chi connectivity index (χ3v) is 2.35. The summed E-state index contributed by atoms with van der Waals surface area (Å²) in [6, 6.07) is 3.83. The molecule has 0 atom stereocenters. The molecule has 0 aromatic carbocycles. The van der Waals surface area contributed by atoms with Gasteiger partial charge in [-0.15, -0.1) is 0 Å². The number of aliphatic hydroxyl groups is 1. The van der Waals surface area contributed by atoms with E-state index in [1.54, 1.807) is 0 Å². The Morgan fingerprint density at radius 1 is 1.50 bits per heavy atom. The van der Waals surface area contributed by atoms with Crippen molar-refractivity contribution in [2.24, 2.45) is 0 Å². The van der Waals surface area contributed by atoms with Gasteiger partial charge in [-0.2, -0.15) is 0 Å². The van der Waals surface area contributed by atoms with Gasteiger partial charge in [0.15, 0.2) is 0 Å². The predicted octanol–water partition coefficient (Wildman–Crippen LogP) is 2.28. The Bertz CT molecular complexity index is 374. The number of aryl methyl sites for hydroxylation is 1. The second kappa shape index (κ2) is 5.66. The molecule has 0 unspecified atom stereocenters. The fourth-order valence-electron chi connectivity index (χ4n) is 1.65. The van der Waals surface area contributed by atoms with Crippen molar-refractivity contribution < 1.29 is 5.11 Å². The molecule has 1 heterocycles. The monoisotopic (exact) mass is 220 g/mol. The van der Waals surface area contributed by atoms with Crippen molar-refractivity contribution in [1.82, 2.24) is 4.98 Å². The molecule has 0 spiro atoms. The van der Waals surface area contributed by atoms with Crippen LogP contribution in [0.3, 0.4) is 0 Å². The summed E-state index contributed by atoms with van der Waals surface area (Å²) in [6.45, 7) is 11.7. The zero-order valence-electron chi connectivity index (χ0n) is 10.3. The van der Waals surface area contributed by atoms with Crippen LogP contribution in [0.2, 0.25) is 0 Å². The molecule has 88 valence electrons. The van der Waals surface area contributed by atoms with Gasteiger partial charge < -0.3 is 10.0 Å². The van der Waals surface area contributed by atoms with Gasteiger partial charge in [0.25, 0.3) is 0 Å². The van der Waals surface area contributed by atoms with Gasteiger partial charge in [0.05, 0.1) is 6.61 Å². The lowest BCUT2D eigenvalue weighted by Gasteiger charge is -2.23. The standard InChI is InChI=1S/C13H20N2O/c1-5-15(8-10(2)3)13-7-12(9-16)6-11(4)14-13/h6-7,16H,2,5,8-9H2,1,3-4H3. The molecule has 16 heavy (non-hydrogen) atoms. The minimum atomic E-state index is 0.0565. The molecule has 1 N–H and O–H groups in total. The van der Waals surface area contributed by atoms with Crippen molar-refractivity contribution in [3.63, 3.8) is 0 Å². The first-order valence-corrected chi connectivity index (χ1v) is 5.54. The van der Waals surface area contributed by atoms with Gasteiger partial charge in [-0.1, -0.05) is 12.2 Å². The highest BCUT2D eigenvalue weighted by molar-refractivity contribution is 5.43. The number of pyridine rings is 1. The van der Waals surface area contributed by atoms with E-state index in [0.717, 1.165) is 35.7 Å². The van der Waals surface area contributed by atoms with Crippen molar-refractivity contribution >= 4 is 5.82 Å². The Labute approximate surface area is 97.4 Å². The van der Waals surface area contributed by atoms with Crippen molar-refractivity contribution in [1.29, 1.82) is 0 Å². The average molecular weight is 220 g/mol. The van der Waals surface area contributed by atoms with E-state index in [0.29, 0.717) is 0 Å². The van der Waals surface area contributed by atoms with Gasteiger partial charge in [-0.3, -0.25) is 0 Å². The number of anilines is 1. The molecule has 1 rings (SSSR count). The van der Waals surface area contributed by atoms with Crippen LogP contribution in [0, 0.1) is 6.92 Å². The summed E-state index contributed by atoms with van der Waals surface area (Å²) in [5.74, 6) is 0.912. The van der Waals surface area contributed by atoms with E-state index in [1.807, 2.05) is 26.0 Å². The number of nitrogens with zero attached hydrogens (tertiary/aromatic N) is 2. The number of aliphatic hydroxyl groups excluding tert-OH is 1. The quantitative estimate of drug-likeness (QED) is 0.773. The predicted molar refractivity (Wildman–Crippen MR) is 67.6 cm³/mol. The first-order chi connectivity index (χ1) is 7.56. The Morgan fingerprint density at radius 3 is 2.69 bits per heavy atom. The van der Waals surface area contributed by atoms with Crippen molar-refractivity contribution in [2.75, 3.05) is 18.0 Å². The molecule has 0 saturated carbocycles. The highest BCUT2D eigenvalue weighted by Gasteiger charge is 2.07. The van der Waals surface area contributed by atoms with E-state index in [1.165, 1.54) is 0 Å². The lowest BCUT2D eigenvalue weighted by molar-refractivity contribution is 0.281. The number of rotatable bonds is 5. The van der Waals surface area contributed by atoms with Crippen LogP contribution < -0.4 is 4.90 Å². The molecule has 0 amide bonds. The van der Waals surface area contributed by atoms with Crippen LogP contribution in [0.15, 0.2) is 24.3 Å². The molecular weight excluding hydrogens is 200 g/mol. The van der Waals surface area contributed by atoms with Crippen molar-refractivity contribution in [2.45, 2.75) is 27.4 Å². The molecule has 3 nitrogen and oxygen atoms in total. The minimum absolute atomic E-state index is 0.0565. The van der Waals surface area contributed by atoms with E-state index in [4.69, 9.17) is 5.11 Å². The first-order valence-electron chi connectivity index (χ1n) is 5.54. The lowest BCUT2D eigenvalue weighted by atomic mass is 10.2. The lowest BCUT2D eigenvalue weighted by Crippen LogP contribution is -2.25. The highest BCUT2D eigenvalue weighted by atomic mass is 16.3. The maximum Gasteiger partial charge on any atom is 0.129 e. The van der Waals surface area contributed by atoms with Crippen LogP contribution in [0.25, 0.3) is 0 Å². The summed E-state index contributed by atoms with van der Waals surface area (Å²) in [6.07, 6.45) is 0. The highest BCUT2D eigenvalue weighted by Crippen LogP contribution is 2.16. The van der Waals surface area contributed by atoms with Gasteiger partial charge in [0, 0.05) is 18.8 Å². The van der Waals surface area contributed by atoms with Crippen LogP contribution in [0.5, 0.6) is 0 Å². The molecule has 0 radical (unpaired) electrons. The van der Waals surface area contributed by atoms with E-state index < -0.39 is 0 Å². The zero-order valence-corrected chi connectivity index (χ0v) is 10.3. The third kappa shape index (κ3) is 3.35. The maximum absolute atomic E-state index is 9.16. The maximum atomic E-state index is 9.16. The second-order valence-electron chi connectivity index (χ2n) is 4.10. The third-order valence-electron chi connectivity index (χ3n) is 2.35. The topological polar surface area (TPSA) is 36.4 Å². The van der Waals surface area contributed by atoms with Crippen LogP contribution in [0.1, 0.15) is 25.1 Å². The van der Waals surface area contributed by atoms with Crippen molar-refractivity contribution in [3.8, 4) is 0 Å². The summed E-state index contributed by atoms with van der Waals surface area (Å²) in [5.41, 5.74) is 2.94. The molecule has 0 fully saturated rings. The summed E-state index contributed by atoms with van der Waals surface area (Å²) in [4.78, 5) is 6.63. The van der Waals surface area contributed by atoms with Gasteiger partial charge >= 0.3 is 0 Å². The first kappa shape index (κ1) is 12.7. The van der Waals surface area contributed by atoms with Crippen LogP contribution in [-0.2, 0) is 6.61 Å². The fourth-order valence-corrected chi connectivity index (χ4v) is 1.65. The molecule has 0 saturated heterocycles. The number of likely N-dealkylation sites (N-methyl/N-ethyl adjacent to an activating group) is 1. The Morgan fingerprint density at radius 2 is 2.19 bits per heavy atom. The van der Waals surface area contributed by atoms with Gasteiger partial charge in [-0.25, -0.2) is 4.98 Å². The van der Waals surface area contributed by atoms with E-state index in [2.05, 4.69) is 23.4 Å². The minimum Gasteiger partial charge on any atom is -0.392 e. The number of hydrogen-bond donors (Lipinski definition) is 1. The van der Waals surface area contributed by atoms with Crippen LogP contribution in [-0.4, -0.2) is 23.2 Å². The Kier molecular flexibility index (Phi) is 4.50. The molecule has 1 aromatic rings. The molecule has 3 heteroatoms. The number of aromatic nitrogens is 1. The smallest absolute Gasteiger partial charge is 0.129 e. The van der Waals surface area contributed by atoms with Crippen LogP contribution >= 0.6 is 0 Å². The summed E-state index contributed by atoms with van der Waals surface area (Å²) >= 11 is 0. The zero-order chi connectivity index (χ0) is 12.1. The summed E-state index contributed by atoms with van der Waals surface area (Å²) < 4.78 is 0. The molecule has 0 bridgehead atoms. The Balaban J connectivity index is 2.99. The molecule has 0 aliphatic rings. The molecule has 1 aromatic heterocycles. The van der Waals surface area contributed by atoms with Crippen LogP contribution in [0.4, 0.5) is 5.82 Å². The molecule has 0 aliphatic heterocycles. The van der Waals surface area contributed by atoms with E-state index in [9.17, 15) is 0 Å². The summed E-state index contributed by atoms with van der Waals surface area (Å²) in [5, 5.41) is 9.16. The fraction of sp³-hybridized carbons (Fsp3) is 0.462. The normalized spacial score (nSPS) is 10.2. The molecular formula is C13H20N2O. The Hall–Kier alpha value is -1.35. The number of hydrogen-bond acceptors (Lipinski definition) is 3. The van der Waals surface area contributed by atoms with E-state index in [-0.39, 0.29) is 6.61 Å². The van der Waals surface area contributed by atoms with Gasteiger partial charge in [0.1, 0.15) is 5.82 Å². The summed E-state index contributed by atoms with van der Waals surface area (Å²) in [7, 11) is 0. The second-order valence-corrected chi connectivity index (χ2v) is 4.10. The van der Waals surface area contributed by atoms with Gasteiger partial charge in [-0.05, 0) is 38.5 Å². The SMILES string of the molecule is C=C(C)CN(CC)c1cc(CO)cc(C)n1. The largest absolute Gasteiger partial charge is 0.392 e. The van der Waals surface area contributed by atoms with Crippen molar-refractivity contribution in [3.05, 3.63) is 35.5 Å². The molecule has 0 aliphatic carbocycles. The van der Waals surface area contributed by atoms with E-state index >= 15 is 0 Å².